The maximum atomic E-state index is 13.4. The molecule has 174 valence electrons. The van der Waals surface area contributed by atoms with Crippen molar-refractivity contribution in [3.8, 4) is 5.75 Å². The average molecular weight is 486 g/mol. The molecule has 1 N–H and O–H groups in total. The highest BCUT2D eigenvalue weighted by Gasteiger charge is 2.31. The zero-order chi connectivity index (χ0) is 23.3. The zero-order valence-electron chi connectivity index (χ0n) is 18.4. The highest BCUT2D eigenvalue weighted by atomic mass is 32.2. The number of hydrogen-bond acceptors (Lipinski definition) is 6. The minimum absolute atomic E-state index is 0.201. The topological polar surface area (TPSA) is 79.0 Å². The van der Waals surface area contributed by atoms with Crippen molar-refractivity contribution in [3.05, 3.63) is 77.7 Å². The number of hydrogen-bond donors (Lipinski definition) is 1. The third-order valence-corrected chi connectivity index (χ3v) is 8.54. The van der Waals surface area contributed by atoms with Crippen LogP contribution < -0.4 is 14.4 Å². The van der Waals surface area contributed by atoms with Crippen LogP contribution in [0.15, 0.2) is 76.3 Å². The monoisotopic (exact) mass is 485 g/mol. The SMILES string of the molecule is COc1ccc(N2CCN(C(=O)C(Cc3ccccc3)NS(=O)(=O)c3cccs3)CC2)cc1. The van der Waals surface area contributed by atoms with Crippen LogP contribution in [-0.2, 0) is 21.2 Å². The molecule has 3 aromatic rings. The highest BCUT2D eigenvalue weighted by molar-refractivity contribution is 7.91. The number of thiophene rings is 1. The Hall–Kier alpha value is -2.88. The molecule has 1 saturated heterocycles. The number of sulfonamides is 1. The molecule has 1 unspecified atom stereocenters. The van der Waals surface area contributed by atoms with Crippen molar-refractivity contribution in [1.82, 2.24) is 9.62 Å². The molecule has 0 saturated carbocycles. The summed E-state index contributed by atoms with van der Waals surface area (Å²) in [5.74, 6) is 0.600. The van der Waals surface area contributed by atoms with Gasteiger partial charge in [0, 0.05) is 31.9 Å². The lowest BCUT2D eigenvalue weighted by Crippen LogP contribution is -2.55. The molecule has 2 aromatic carbocycles. The smallest absolute Gasteiger partial charge is 0.250 e. The second-order valence-electron chi connectivity index (χ2n) is 7.81. The first-order valence-electron chi connectivity index (χ1n) is 10.7. The Morgan fingerprint density at radius 3 is 2.30 bits per heavy atom. The normalized spacial score (nSPS) is 15.3. The number of nitrogens with zero attached hydrogens (tertiary/aromatic N) is 2. The Morgan fingerprint density at radius 2 is 1.70 bits per heavy atom. The highest BCUT2D eigenvalue weighted by Crippen LogP contribution is 2.22. The minimum Gasteiger partial charge on any atom is -0.497 e. The molecule has 9 heteroatoms. The third kappa shape index (κ3) is 5.73. The van der Waals surface area contributed by atoms with Crippen LogP contribution in [0.4, 0.5) is 5.69 Å². The number of ether oxygens (including phenoxy) is 1. The molecule has 1 aliphatic rings. The van der Waals surface area contributed by atoms with Crippen molar-refractivity contribution in [1.29, 1.82) is 0 Å². The number of methoxy groups -OCH3 is 1. The van der Waals surface area contributed by atoms with Crippen molar-refractivity contribution < 1.29 is 17.9 Å². The van der Waals surface area contributed by atoms with Crippen LogP contribution >= 0.6 is 11.3 Å². The summed E-state index contributed by atoms with van der Waals surface area (Å²) in [6, 6.07) is 19.7. The fraction of sp³-hybridized carbons (Fsp3) is 0.292. The standard InChI is InChI=1S/C24H27N3O4S2/c1-31-21-11-9-20(10-12-21)26-13-15-27(16-14-26)24(28)22(18-19-6-3-2-4-7-19)25-33(29,30)23-8-5-17-32-23/h2-12,17,22,25H,13-16,18H2,1H3. The van der Waals surface area contributed by atoms with Gasteiger partial charge in [-0.15, -0.1) is 11.3 Å². The molecule has 1 atom stereocenters. The predicted octanol–water partition coefficient (Wildman–Crippen LogP) is 3.00. The molecule has 1 aromatic heterocycles. The van der Waals surface area contributed by atoms with E-state index in [0.717, 1.165) is 28.3 Å². The van der Waals surface area contributed by atoms with Gasteiger partial charge in [-0.05, 0) is 47.7 Å². The van der Waals surface area contributed by atoms with E-state index in [-0.39, 0.29) is 10.1 Å². The number of carbonyl (C=O) groups excluding carboxylic acids is 1. The summed E-state index contributed by atoms with van der Waals surface area (Å²) in [7, 11) is -2.14. The van der Waals surface area contributed by atoms with Gasteiger partial charge in [-0.25, -0.2) is 8.42 Å². The van der Waals surface area contributed by atoms with E-state index >= 15 is 0 Å². The van der Waals surface area contributed by atoms with E-state index < -0.39 is 16.1 Å². The average Bonchev–Trinajstić information content (AvgIpc) is 3.40. The number of anilines is 1. The van der Waals surface area contributed by atoms with Gasteiger partial charge in [0.1, 0.15) is 16.0 Å². The summed E-state index contributed by atoms with van der Waals surface area (Å²) in [4.78, 5) is 17.4. The van der Waals surface area contributed by atoms with Gasteiger partial charge in [-0.1, -0.05) is 36.4 Å². The Labute approximate surface area is 198 Å². The summed E-state index contributed by atoms with van der Waals surface area (Å²) in [6.45, 7) is 2.40. The van der Waals surface area contributed by atoms with E-state index in [9.17, 15) is 13.2 Å². The zero-order valence-corrected chi connectivity index (χ0v) is 20.0. The predicted molar refractivity (Wildman–Crippen MR) is 130 cm³/mol. The lowest BCUT2D eigenvalue weighted by molar-refractivity contribution is -0.133. The quantitative estimate of drug-likeness (QED) is 0.531. The van der Waals surface area contributed by atoms with E-state index in [1.165, 1.54) is 0 Å². The summed E-state index contributed by atoms with van der Waals surface area (Å²) in [5.41, 5.74) is 1.98. The molecule has 1 aliphatic heterocycles. The van der Waals surface area contributed by atoms with Gasteiger partial charge in [0.15, 0.2) is 0 Å². The van der Waals surface area contributed by atoms with Gasteiger partial charge in [0.05, 0.1) is 7.11 Å². The van der Waals surface area contributed by atoms with E-state index in [4.69, 9.17) is 4.74 Å². The second-order valence-corrected chi connectivity index (χ2v) is 10.7. The molecule has 0 spiro atoms. The van der Waals surface area contributed by atoms with Crippen LogP contribution in [0.5, 0.6) is 5.75 Å². The first kappa shape index (κ1) is 23.3. The molecule has 2 heterocycles. The second kappa shape index (κ2) is 10.4. The van der Waals surface area contributed by atoms with Crippen molar-refractivity contribution in [2.75, 3.05) is 38.2 Å². The molecule has 7 nitrogen and oxygen atoms in total. The fourth-order valence-electron chi connectivity index (χ4n) is 3.89. The molecule has 0 bridgehead atoms. The number of rotatable bonds is 8. The minimum atomic E-state index is -3.78. The van der Waals surface area contributed by atoms with Crippen LogP contribution in [-0.4, -0.2) is 58.6 Å². The Kier molecular flexibility index (Phi) is 7.32. The maximum Gasteiger partial charge on any atom is 0.250 e. The molecule has 33 heavy (non-hydrogen) atoms. The number of benzene rings is 2. The van der Waals surface area contributed by atoms with Gasteiger partial charge < -0.3 is 14.5 Å². The summed E-state index contributed by atoms with van der Waals surface area (Å²) in [5, 5.41) is 1.71. The molecule has 4 rings (SSSR count). The molecular formula is C24H27N3O4S2. The largest absolute Gasteiger partial charge is 0.497 e. The van der Waals surface area contributed by atoms with Gasteiger partial charge in [0.25, 0.3) is 10.0 Å². The van der Waals surface area contributed by atoms with Crippen LogP contribution in [0, 0.1) is 0 Å². The number of amides is 1. The number of carbonyl (C=O) groups is 1. The van der Waals surface area contributed by atoms with Crippen molar-refractivity contribution in [2.45, 2.75) is 16.7 Å². The van der Waals surface area contributed by atoms with Crippen molar-refractivity contribution in [3.63, 3.8) is 0 Å². The fourth-order valence-corrected chi connectivity index (χ4v) is 6.09. The Bertz CT molecular complexity index is 1140. The Morgan fingerprint density at radius 1 is 1.00 bits per heavy atom. The first-order chi connectivity index (χ1) is 16.0. The first-order valence-corrected chi connectivity index (χ1v) is 13.1. The van der Waals surface area contributed by atoms with Crippen LogP contribution in [0.2, 0.25) is 0 Å². The number of nitrogens with one attached hydrogen (secondary N) is 1. The maximum absolute atomic E-state index is 13.4. The summed E-state index contributed by atoms with van der Waals surface area (Å²) < 4.78 is 33.8. The summed E-state index contributed by atoms with van der Waals surface area (Å²) >= 11 is 1.13. The Balaban J connectivity index is 1.46. The van der Waals surface area contributed by atoms with E-state index in [1.807, 2.05) is 54.6 Å². The number of piperazine rings is 1. The van der Waals surface area contributed by atoms with Crippen molar-refractivity contribution in [2.24, 2.45) is 0 Å². The van der Waals surface area contributed by atoms with Gasteiger partial charge in [0.2, 0.25) is 5.91 Å². The summed E-state index contributed by atoms with van der Waals surface area (Å²) in [6.07, 6.45) is 0.295. The van der Waals surface area contributed by atoms with Gasteiger partial charge >= 0.3 is 0 Å². The lowest BCUT2D eigenvalue weighted by atomic mass is 10.1. The molecule has 1 fully saturated rings. The van der Waals surface area contributed by atoms with E-state index in [1.54, 1.807) is 29.5 Å². The molecule has 1 amide bonds. The van der Waals surface area contributed by atoms with Crippen LogP contribution in [0.25, 0.3) is 0 Å². The molecular weight excluding hydrogens is 458 g/mol. The van der Waals surface area contributed by atoms with Gasteiger partial charge in [-0.2, -0.15) is 4.72 Å². The van der Waals surface area contributed by atoms with E-state index in [2.05, 4.69) is 9.62 Å². The van der Waals surface area contributed by atoms with Gasteiger partial charge in [-0.3, -0.25) is 4.79 Å². The molecule has 0 radical (unpaired) electrons. The molecule has 0 aliphatic carbocycles. The van der Waals surface area contributed by atoms with E-state index in [0.29, 0.717) is 32.6 Å². The lowest BCUT2D eigenvalue weighted by Gasteiger charge is -2.37. The third-order valence-electron chi connectivity index (χ3n) is 5.67. The van der Waals surface area contributed by atoms with Crippen LogP contribution in [0.3, 0.4) is 0 Å². The van der Waals surface area contributed by atoms with Crippen LogP contribution in [0.1, 0.15) is 5.56 Å². The van der Waals surface area contributed by atoms with Crippen molar-refractivity contribution >= 4 is 33.0 Å².